The molecule has 0 radical (unpaired) electrons. The van der Waals surface area contributed by atoms with Crippen LogP contribution in [0, 0.1) is 5.92 Å². The normalized spacial score (nSPS) is 28.7. The van der Waals surface area contributed by atoms with Crippen LogP contribution in [0.2, 0.25) is 0 Å². The molecule has 0 heterocycles. The third kappa shape index (κ3) is 3.99. The molecule has 0 amide bonds. The molecule has 0 aromatic heterocycles. The number of rotatable bonds is 5. The fourth-order valence-electron chi connectivity index (χ4n) is 3.34. The van der Waals surface area contributed by atoms with Crippen LogP contribution < -0.4 is 4.74 Å². The van der Waals surface area contributed by atoms with Gasteiger partial charge in [0, 0.05) is 18.9 Å². The molecular formula is C20H24O6. The third-order valence-electron chi connectivity index (χ3n) is 4.92. The minimum absolute atomic E-state index is 0.200. The Bertz CT molecular complexity index is 714. The van der Waals surface area contributed by atoms with Gasteiger partial charge in [-0.3, -0.25) is 0 Å². The van der Waals surface area contributed by atoms with Gasteiger partial charge in [-0.25, -0.2) is 0 Å². The monoisotopic (exact) mass is 360 g/mol. The van der Waals surface area contributed by atoms with Crippen LogP contribution in [-0.2, 0) is 6.42 Å². The molecule has 2 aromatic carbocycles. The van der Waals surface area contributed by atoms with Gasteiger partial charge in [0.25, 0.3) is 0 Å². The molecule has 6 nitrogen and oxygen atoms in total. The Morgan fingerprint density at radius 1 is 0.885 bits per heavy atom. The van der Waals surface area contributed by atoms with Crippen LogP contribution in [0.25, 0.3) is 0 Å². The van der Waals surface area contributed by atoms with Gasteiger partial charge < -0.3 is 30.3 Å². The van der Waals surface area contributed by atoms with E-state index >= 15 is 0 Å². The largest absolute Gasteiger partial charge is 0.508 e. The summed E-state index contributed by atoms with van der Waals surface area (Å²) < 4.78 is 5.96. The lowest BCUT2D eigenvalue weighted by Gasteiger charge is -2.39. The highest BCUT2D eigenvalue weighted by Crippen LogP contribution is 2.31. The second-order valence-corrected chi connectivity index (χ2v) is 6.76. The molecule has 0 unspecified atom stereocenters. The number of hydrogen-bond donors (Lipinski definition) is 5. The Labute approximate surface area is 151 Å². The number of phenolic OH excluding ortho intramolecular Hbond substituents is 1. The van der Waals surface area contributed by atoms with Crippen molar-refractivity contribution >= 4 is 0 Å². The predicted octanol–water partition coefficient (Wildman–Crippen LogP) is 0.825. The fourth-order valence-corrected chi connectivity index (χ4v) is 3.34. The van der Waals surface area contributed by atoms with E-state index in [1.165, 1.54) is 0 Å². The van der Waals surface area contributed by atoms with Crippen LogP contribution in [0.15, 0.2) is 48.5 Å². The van der Waals surface area contributed by atoms with Crippen LogP contribution >= 0.6 is 0 Å². The maximum atomic E-state index is 10.2. The van der Waals surface area contributed by atoms with Crippen molar-refractivity contribution in [2.24, 2.45) is 5.92 Å². The molecule has 0 spiro atoms. The first kappa shape index (κ1) is 18.7. The summed E-state index contributed by atoms with van der Waals surface area (Å²) in [6, 6.07) is 14.3. The molecular weight excluding hydrogens is 336 g/mol. The summed E-state index contributed by atoms with van der Waals surface area (Å²) in [5.74, 6) is 0.221. The zero-order valence-electron chi connectivity index (χ0n) is 14.3. The van der Waals surface area contributed by atoms with Crippen molar-refractivity contribution in [1.29, 1.82) is 0 Å². The highest BCUT2D eigenvalue weighted by molar-refractivity contribution is 5.39. The molecule has 5 atom stereocenters. The van der Waals surface area contributed by atoms with E-state index in [1.54, 1.807) is 18.2 Å². The van der Waals surface area contributed by atoms with E-state index in [-0.39, 0.29) is 18.8 Å². The van der Waals surface area contributed by atoms with Gasteiger partial charge in [0.15, 0.2) is 0 Å². The standard InChI is InChI=1S/C20H24O6/c21-11-14-10-17(19(24)20(25)18(14)23)26-16-4-2-1-3-13(16)9-12-5-7-15(22)8-6-12/h1-8,14,17-25H,9-11H2/t14-,17-,18-,19+,20+/m1/s1. The maximum Gasteiger partial charge on any atom is 0.128 e. The zero-order valence-corrected chi connectivity index (χ0v) is 14.3. The second-order valence-electron chi connectivity index (χ2n) is 6.76. The van der Waals surface area contributed by atoms with Gasteiger partial charge >= 0.3 is 0 Å². The summed E-state index contributed by atoms with van der Waals surface area (Å²) in [4.78, 5) is 0. The van der Waals surface area contributed by atoms with E-state index < -0.39 is 30.3 Å². The SMILES string of the molecule is OC[C@H]1C[C@@H](Oc2ccccc2Cc2ccc(O)cc2)[C@H](O)[C@@H](O)[C@@H]1O. The molecule has 6 heteroatoms. The van der Waals surface area contributed by atoms with Crippen molar-refractivity contribution in [1.82, 2.24) is 0 Å². The van der Waals surface area contributed by atoms with Crippen molar-refractivity contribution in [2.75, 3.05) is 6.61 Å². The molecule has 1 aliphatic carbocycles. The Balaban J connectivity index is 1.78. The van der Waals surface area contributed by atoms with E-state index in [0.29, 0.717) is 12.2 Å². The smallest absolute Gasteiger partial charge is 0.128 e. The van der Waals surface area contributed by atoms with Crippen molar-refractivity contribution in [2.45, 2.75) is 37.3 Å². The molecule has 5 N–H and O–H groups in total. The van der Waals surface area contributed by atoms with Crippen LogP contribution in [0.4, 0.5) is 0 Å². The highest BCUT2D eigenvalue weighted by atomic mass is 16.5. The summed E-state index contributed by atoms with van der Waals surface area (Å²) in [6.07, 6.45) is -3.70. The van der Waals surface area contributed by atoms with Gasteiger partial charge in [-0.1, -0.05) is 30.3 Å². The average molecular weight is 360 g/mol. The predicted molar refractivity (Wildman–Crippen MR) is 95.0 cm³/mol. The van der Waals surface area contributed by atoms with Gasteiger partial charge in [0.1, 0.15) is 29.8 Å². The topological polar surface area (TPSA) is 110 Å². The molecule has 0 saturated heterocycles. The Hall–Kier alpha value is -2.12. The van der Waals surface area contributed by atoms with Gasteiger partial charge in [0.2, 0.25) is 0 Å². The zero-order chi connectivity index (χ0) is 18.7. The second kappa shape index (κ2) is 8.05. The summed E-state index contributed by atoms with van der Waals surface area (Å²) in [7, 11) is 0. The van der Waals surface area contributed by atoms with Gasteiger partial charge in [0.05, 0.1) is 6.10 Å². The number of benzene rings is 2. The van der Waals surface area contributed by atoms with Crippen LogP contribution in [-0.4, -0.2) is 56.6 Å². The third-order valence-corrected chi connectivity index (χ3v) is 4.92. The molecule has 1 aliphatic rings. The number of aromatic hydroxyl groups is 1. The van der Waals surface area contributed by atoms with Crippen molar-refractivity contribution < 1.29 is 30.3 Å². The lowest BCUT2D eigenvalue weighted by atomic mass is 9.81. The van der Waals surface area contributed by atoms with Gasteiger partial charge in [-0.2, -0.15) is 0 Å². The first-order valence-corrected chi connectivity index (χ1v) is 8.67. The molecule has 2 aromatic rings. The maximum absolute atomic E-state index is 10.2. The molecule has 0 bridgehead atoms. The van der Waals surface area contributed by atoms with E-state index in [0.717, 1.165) is 11.1 Å². The van der Waals surface area contributed by atoms with E-state index in [4.69, 9.17) is 4.74 Å². The van der Waals surface area contributed by atoms with Crippen molar-refractivity contribution in [3.8, 4) is 11.5 Å². The highest BCUT2D eigenvalue weighted by Gasteiger charge is 2.43. The number of para-hydroxylation sites is 1. The summed E-state index contributed by atoms with van der Waals surface area (Å²) >= 11 is 0. The first-order valence-electron chi connectivity index (χ1n) is 8.67. The Kier molecular flexibility index (Phi) is 5.78. The number of ether oxygens (including phenoxy) is 1. The summed E-state index contributed by atoms with van der Waals surface area (Å²) in [5.41, 5.74) is 1.89. The number of aliphatic hydroxyl groups is 4. The molecule has 0 aliphatic heterocycles. The summed E-state index contributed by atoms with van der Waals surface area (Å²) in [5, 5.41) is 49.0. The first-order chi connectivity index (χ1) is 12.5. The quantitative estimate of drug-likeness (QED) is 0.540. The van der Waals surface area contributed by atoms with E-state index in [2.05, 4.69) is 0 Å². The lowest BCUT2D eigenvalue weighted by Crippen LogP contribution is -2.56. The van der Waals surface area contributed by atoms with Gasteiger partial charge in [-0.15, -0.1) is 0 Å². The number of aliphatic hydroxyl groups excluding tert-OH is 4. The molecule has 1 fully saturated rings. The Morgan fingerprint density at radius 3 is 2.27 bits per heavy atom. The molecule has 3 rings (SSSR count). The van der Waals surface area contributed by atoms with Crippen molar-refractivity contribution in [3.63, 3.8) is 0 Å². The fraction of sp³-hybridized carbons (Fsp3) is 0.400. The van der Waals surface area contributed by atoms with Crippen LogP contribution in [0.3, 0.4) is 0 Å². The molecule has 1 saturated carbocycles. The minimum atomic E-state index is -1.37. The van der Waals surface area contributed by atoms with Crippen LogP contribution in [0.1, 0.15) is 17.5 Å². The van der Waals surface area contributed by atoms with Crippen molar-refractivity contribution in [3.05, 3.63) is 59.7 Å². The Morgan fingerprint density at radius 2 is 1.58 bits per heavy atom. The lowest BCUT2D eigenvalue weighted by molar-refractivity contribution is -0.157. The average Bonchev–Trinajstić information content (AvgIpc) is 2.65. The van der Waals surface area contributed by atoms with E-state index in [1.807, 2.05) is 30.3 Å². The van der Waals surface area contributed by atoms with E-state index in [9.17, 15) is 25.5 Å². The molecule has 140 valence electrons. The van der Waals surface area contributed by atoms with Gasteiger partial charge in [-0.05, 0) is 35.7 Å². The number of hydrogen-bond acceptors (Lipinski definition) is 6. The summed E-state index contributed by atoms with van der Waals surface area (Å²) in [6.45, 7) is -0.292. The molecule has 26 heavy (non-hydrogen) atoms. The minimum Gasteiger partial charge on any atom is -0.508 e. The van der Waals surface area contributed by atoms with Crippen LogP contribution in [0.5, 0.6) is 11.5 Å². The number of phenols is 1.